The van der Waals surface area contributed by atoms with Crippen LogP contribution in [-0.4, -0.2) is 18.8 Å². The van der Waals surface area contributed by atoms with Gasteiger partial charge in [-0.25, -0.2) is 4.39 Å². The molecule has 0 saturated carbocycles. The van der Waals surface area contributed by atoms with Crippen molar-refractivity contribution in [2.75, 3.05) is 13.1 Å². The van der Waals surface area contributed by atoms with Gasteiger partial charge in [0.15, 0.2) is 0 Å². The molecule has 2 heteroatoms. The van der Waals surface area contributed by atoms with Gasteiger partial charge in [0.05, 0.1) is 0 Å². The molecule has 1 rings (SSSR count). The van der Waals surface area contributed by atoms with Crippen molar-refractivity contribution < 1.29 is 4.39 Å². The summed E-state index contributed by atoms with van der Waals surface area (Å²) in [6.45, 7) is 0.962. The van der Waals surface area contributed by atoms with Crippen molar-refractivity contribution in [1.29, 1.82) is 0 Å². The number of rotatable bonds is 2. The summed E-state index contributed by atoms with van der Waals surface area (Å²) in [5.41, 5.74) is -0.980. The summed E-state index contributed by atoms with van der Waals surface area (Å²) >= 11 is 0. The Kier molecular flexibility index (Phi) is 1.73. The smallest absolute Gasteiger partial charge is 0.136 e. The van der Waals surface area contributed by atoms with Gasteiger partial charge in [-0.15, -0.1) is 12.3 Å². The molecule has 0 aliphatic carbocycles. The maximum atomic E-state index is 12.9. The third-order valence-corrected chi connectivity index (χ3v) is 1.60. The van der Waals surface area contributed by atoms with E-state index in [9.17, 15) is 4.39 Å². The standard InChI is InChI=1S/C7H10FN/c1-2-3-4-7(8)5-9-6-7/h1,9H,3-6H2. The lowest BCUT2D eigenvalue weighted by molar-refractivity contribution is 0.0823. The van der Waals surface area contributed by atoms with Crippen LogP contribution >= 0.6 is 0 Å². The Labute approximate surface area is 54.6 Å². The predicted molar refractivity (Wildman–Crippen MR) is 34.8 cm³/mol. The third kappa shape index (κ3) is 1.43. The van der Waals surface area contributed by atoms with Gasteiger partial charge in [-0.1, -0.05) is 0 Å². The van der Waals surface area contributed by atoms with Crippen molar-refractivity contribution in [3.05, 3.63) is 0 Å². The van der Waals surface area contributed by atoms with Gasteiger partial charge in [-0.3, -0.25) is 0 Å². The molecule has 0 aromatic carbocycles. The molecule has 0 spiro atoms. The molecule has 1 aliphatic rings. The van der Waals surface area contributed by atoms with Crippen LogP contribution in [0, 0.1) is 12.3 Å². The van der Waals surface area contributed by atoms with E-state index in [1.54, 1.807) is 0 Å². The number of nitrogens with one attached hydrogen (secondary N) is 1. The maximum Gasteiger partial charge on any atom is 0.136 e. The molecule has 1 fully saturated rings. The summed E-state index contributed by atoms with van der Waals surface area (Å²) in [7, 11) is 0. The Morgan fingerprint density at radius 2 is 2.33 bits per heavy atom. The summed E-state index contributed by atoms with van der Waals surface area (Å²) in [6.07, 6.45) is 6.04. The van der Waals surface area contributed by atoms with Crippen LogP contribution in [-0.2, 0) is 0 Å². The second kappa shape index (κ2) is 2.36. The molecule has 50 valence electrons. The van der Waals surface area contributed by atoms with E-state index in [0.29, 0.717) is 25.9 Å². The lowest BCUT2D eigenvalue weighted by Gasteiger charge is -2.34. The number of alkyl halides is 1. The quantitative estimate of drug-likeness (QED) is 0.539. The van der Waals surface area contributed by atoms with Crippen LogP contribution in [0.2, 0.25) is 0 Å². The highest BCUT2D eigenvalue weighted by Gasteiger charge is 2.35. The zero-order chi connectivity index (χ0) is 6.74. The van der Waals surface area contributed by atoms with Crippen molar-refractivity contribution in [3.63, 3.8) is 0 Å². The van der Waals surface area contributed by atoms with Crippen LogP contribution in [0.3, 0.4) is 0 Å². The van der Waals surface area contributed by atoms with Gasteiger partial charge in [0.25, 0.3) is 0 Å². The fourth-order valence-corrected chi connectivity index (χ4v) is 0.869. The van der Waals surface area contributed by atoms with Gasteiger partial charge < -0.3 is 5.32 Å². The molecule has 1 aliphatic heterocycles. The van der Waals surface area contributed by atoms with Gasteiger partial charge in [-0.2, -0.15) is 0 Å². The molecule has 1 heterocycles. The van der Waals surface area contributed by atoms with Crippen LogP contribution in [0.1, 0.15) is 12.8 Å². The zero-order valence-corrected chi connectivity index (χ0v) is 5.28. The fraction of sp³-hybridized carbons (Fsp3) is 0.714. The first kappa shape index (κ1) is 6.57. The maximum absolute atomic E-state index is 12.9. The van der Waals surface area contributed by atoms with E-state index < -0.39 is 5.67 Å². The molecular formula is C7H10FN. The van der Waals surface area contributed by atoms with Crippen molar-refractivity contribution in [3.8, 4) is 12.3 Å². The highest BCUT2D eigenvalue weighted by atomic mass is 19.1. The molecule has 0 aromatic heterocycles. The van der Waals surface area contributed by atoms with Gasteiger partial charge in [0.2, 0.25) is 0 Å². The molecule has 1 saturated heterocycles. The van der Waals surface area contributed by atoms with Gasteiger partial charge >= 0.3 is 0 Å². The molecule has 1 nitrogen and oxygen atoms in total. The molecule has 0 bridgehead atoms. The topological polar surface area (TPSA) is 12.0 Å². The number of hydrogen-bond donors (Lipinski definition) is 1. The van der Waals surface area contributed by atoms with Crippen LogP contribution in [0.5, 0.6) is 0 Å². The van der Waals surface area contributed by atoms with Crippen molar-refractivity contribution in [2.24, 2.45) is 0 Å². The fourth-order valence-electron chi connectivity index (χ4n) is 0.869. The number of hydrogen-bond acceptors (Lipinski definition) is 1. The number of halogens is 1. The summed E-state index contributed by atoms with van der Waals surface area (Å²) in [4.78, 5) is 0. The van der Waals surface area contributed by atoms with E-state index in [2.05, 4.69) is 11.2 Å². The molecule has 1 N–H and O–H groups in total. The first-order valence-corrected chi connectivity index (χ1v) is 3.10. The molecule has 0 aromatic rings. The van der Waals surface area contributed by atoms with Crippen molar-refractivity contribution in [2.45, 2.75) is 18.5 Å². The Hall–Kier alpha value is -0.550. The highest BCUT2D eigenvalue weighted by Crippen LogP contribution is 2.21. The largest absolute Gasteiger partial charge is 0.310 e. The van der Waals surface area contributed by atoms with Crippen LogP contribution < -0.4 is 5.32 Å². The van der Waals surface area contributed by atoms with E-state index in [-0.39, 0.29) is 0 Å². The van der Waals surface area contributed by atoms with Crippen LogP contribution in [0.25, 0.3) is 0 Å². The first-order chi connectivity index (χ1) is 4.27. The molecular weight excluding hydrogens is 117 g/mol. The second-order valence-electron chi connectivity index (χ2n) is 2.46. The summed E-state index contributed by atoms with van der Waals surface area (Å²) < 4.78 is 12.9. The van der Waals surface area contributed by atoms with Gasteiger partial charge in [0.1, 0.15) is 5.67 Å². The van der Waals surface area contributed by atoms with E-state index in [4.69, 9.17) is 6.42 Å². The molecule has 0 atom stereocenters. The Bertz CT molecular complexity index is 132. The Morgan fingerprint density at radius 3 is 2.67 bits per heavy atom. The predicted octanol–water partition coefficient (Wildman–Crippen LogP) is 0.711. The minimum Gasteiger partial charge on any atom is -0.310 e. The average molecular weight is 127 g/mol. The lowest BCUT2D eigenvalue weighted by atomic mass is 9.94. The zero-order valence-electron chi connectivity index (χ0n) is 5.28. The molecule has 0 radical (unpaired) electrons. The van der Waals surface area contributed by atoms with Crippen molar-refractivity contribution in [1.82, 2.24) is 5.32 Å². The third-order valence-electron chi connectivity index (χ3n) is 1.60. The van der Waals surface area contributed by atoms with Gasteiger partial charge in [-0.05, 0) is 6.42 Å². The summed E-state index contributed by atoms with van der Waals surface area (Å²) in [6, 6.07) is 0. The van der Waals surface area contributed by atoms with Crippen molar-refractivity contribution >= 4 is 0 Å². The second-order valence-corrected chi connectivity index (χ2v) is 2.46. The Morgan fingerprint density at radius 1 is 1.67 bits per heavy atom. The van der Waals surface area contributed by atoms with Crippen LogP contribution in [0.4, 0.5) is 4.39 Å². The minimum atomic E-state index is -0.980. The molecule has 0 unspecified atom stereocenters. The van der Waals surface area contributed by atoms with E-state index in [1.165, 1.54) is 0 Å². The summed E-state index contributed by atoms with van der Waals surface area (Å²) in [5, 5.41) is 2.87. The summed E-state index contributed by atoms with van der Waals surface area (Å²) in [5.74, 6) is 2.42. The molecule has 0 amide bonds. The highest BCUT2D eigenvalue weighted by molar-refractivity contribution is 4.97. The normalized spacial score (nSPS) is 22.2. The first-order valence-electron chi connectivity index (χ1n) is 3.10. The van der Waals surface area contributed by atoms with E-state index in [0.717, 1.165) is 0 Å². The van der Waals surface area contributed by atoms with Gasteiger partial charge in [0, 0.05) is 19.5 Å². The van der Waals surface area contributed by atoms with E-state index >= 15 is 0 Å². The Balaban J connectivity index is 2.19. The average Bonchev–Trinajstić information content (AvgIpc) is 1.79. The monoisotopic (exact) mass is 127 g/mol. The van der Waals surface area contributed by atoms with E-state index in [1.807, 2.05) is 0 Å². The SMILES string of the molecule is C#CCCC1(F)CNC1. The lowest BCUT2D eigenvalue weighted by Crippen LogP contribution is -2.56. The number of terminal acetylenes is 1. The minimum absolute atomic E-state index is 0.481. The molecule has 9 heavy (non-hydrogen) atoms. The van der Waals surface area contributed by atoms with Crippen LogP contribution in [0.15, 0.2) is 0 Å².